The third-order valence-electron chi connectivity index (χ3n) is 2.89. The van der Waals surface area contributed by atoms with Crippen LogP contribution in [0.4, 0.5) is 0 Å². The molecule has 19 heavy (non-hydrogen) atoms. The van der Waals surface area contributed by atoms with Crippen LogP contribution in [0, 0.1) is 0 Å². The van der Waals surface area contributed by atoms with E-state index in [9.17, 15) is 14.7 Å². The highest BCUT2D eigenvalue weighted by atomic mass is 16.5. The van der Waals surface area contributed by atoms with E-state index in [-0.39, 0.29) is 17.7 Å². The summed E-state index contributed by atoms with van der Waals surface area (Å²) in [5.74, 6) is -1.45. The summed E-state index contributed by atoms with van der Waals surface area (Å²) in [6, 6.07) is 3.32. The molecule has 1 rings (SSSR count). The lowest BCUT2D eigenvalue weighted by Gasteiger charge is -2.24. The number of benzene rings is 1. The maximum Gasteiger partial charge on any atom is 0.326 e. The van der Waals surface area contributed by atoms with E-state index >= 15 is 0 Å². The van der Waals surface area contributed by atoms with Crippen molar-refractivity contribution in [3.63, 3.8) is 0 Å². The standard InChI is InChI=1S/C13H17NO5/c1-4-10(13(17)18)14(2)12(16)9-6-5-8(19-3)7-11(9)15/h5-7,10,15H,4H2,1-3H3,(H,17,18). The number of likely N-dealkylation sites (N-methyl/N-ethyl adjacent to an activating group) is 1. The highest BCUT2D eigenvalue weighted by Crippen LogP contribution is 2.25. The van der Waals surface area contributed by atoms with Crippen LogP contribution < -0.4 is 4.74 Å². The van der Waals surface area contributed by atoms with Crippen molar-refractivity contribution in [2.24, 2.45) is 0 Å². The quantitative estimate of drug-likeness (QED) is 0.840. The van der Waals surface area contributed by atoms with Crippen LogP contribution in [0.15, 0.2) is 18.2 Å². The van der Waals surface area contributed by atoms with Crippen molar-refractivity contribution in [3.05, 3.63) is 23.8 Å². The zero-order chi connectivity index (χ0) is 14.6. The van der Waals surface area contributed by atoms with E-state index in [4.69, 9.17) is 9.84 Å². The van der Waals surface area contributed by atoms with Gasteiger partial charge in [0.2, 0.25) is 0 Å². The first-order chi connectivity index (χ1) is 8.92. The van der Waals surface area contributed by atoms with Gasteiger partial charge in [-0.3, -0.25) is 4.79 Å². The molecular formula is C13H17NO5. The molecule has 1 aromatic rings. The molecule has 6 heteroatoms. The van der Waals surface area contributed by atoms with Gasteiger partial charge in [-0.2, -0.15) is 0 Å². The van der Waals surface area contributed by atoms with E-state index < -0.39 is 17.9 Å². The monoisotopic (exact) mass is 267 g/mol. The van der Waals surface area contributed by atoms with E-state index in [1.165, 1.54) is 32.4 Å². The maximum atomic E-state index is 12.1. The molecule has 0 spiro atoms. The van der Waals surface area contributed by atoms with Crippen molar-refractivity contribution in [1.29, 1.82) is 0 Å². The molecule has 0 aliphatic rings. The lowest BCUT2D eigenvalue weighted by Crippen LogP contribution is -2.41. The Morgan fingerprint density at radius 1 is 1.42 bits per heavy atom. The Hall–Kier alpha value is -2.24. The molecule has 2 N–H and O–H groups in total. The molecule has 0 aliphatic carbocycles. The first-order valence-corrected chi connectivity index (χ1v) is 5.79. The van der Waals surface area contributed by atoms with Gasteiger partial charge in [0, 0.05) is 13.1 Å². The number of carbonyl (C=O) groups excluding carboxylic acids is 1. The molecule has 1 amide bonds. The van der Waals surface area contributed by atoms with Crippen LogP contribution in [-0.4, -0.2) is 47.2 Å². The second-order valence-electron chi connectivity index (χ2n) is 4.06. The van der Waals surface area contributed by atoms with Gasteiger partial charge in [0.15, 0.2) is 0 Å². The minimum absolute atomic E-state index is 0.0444. The summed E-state index contributed by atoms with van der Waals surface area (Å²) in [5.41, 5.74) is 0.0444. The van der Waals surface area contributed by atoms with Gasteiger partial charge in [0.1, 0.15) is 17.5 Å². The van der Waals surface area contributed by atoms with Gasteiger partial charge in [-0.05, 0) is 18.6 Å². The largest absolute Gasteiger partial charge is 0.507 e. The second-order valence-corrected chi connectivity index (χ2v) is 4.06. The fourth-order valence-corrected chi connectivity index (χ4v) is 1.76. The number of hydrogen-bond acceptors (Lipinski definition) is 4. The Kier molecular flexibility index (Phi) is 4.74. The van der Waals surface area contributed by atoms with Crippen molar-refractivity contribution in [2.75, 3.05) is 14.2 Å². The predicted octanol–water partition coefficient (Wildman–Crippen LogP) is 1.34. The normalized spacial score (nSPS) is 11.7. The number of hydrogen-bond donors (Lipinski definition) is 2. The fraction of sp³-hybridized carbons (Fsp3) is 0.385. The van der Waals surface area contributed by atoms with Crippen LogP contribution in [0.5, 0.6) is 11.5 Å². The Morgan fingerprint density at radius 3 is 2.47 bits per heavy atom. The van der Waals surface area contributed by atoms with Crippen LogP contribution in [0.25, 0.3) is 0 Å². The Bertz CT molecular complexity index is 486. The molecule has 0 bridgehead atoms. The lowest BCUT2D eigenvalue weighted by atomic mass is 10.1. The van der Waals surface area contributed by atoms with Crippen molar-refractivity contribution in [1.82, 2.24) is 4.90 Å². The molecule has 0 saturated heterocycles. The molecule has 0 heterocycles. The topological polar surface area (TPSA) is 87.1 Å². The number of ether oxygens (including phenoxy) is 1. The van der Waals surface area contributed by atoms with E-state index in [1.807, 2.05) is 0 Å². The number of rotatable bonds is 5. The Morgan fingerprint density at radius 2 is 2.05 bits per heavy atom. The predicted molar refractivity (Wildman–Crippen MR) is 68.5 cm³/mol. The molecule has 0 fully saturated rings. The number of aliphatic carboxylic acids is 1. The number of carbonyl (C=O) groups is 2. The van der Waals surface area contributed by atoms with Crippen molar-refractivity contribution < 1.29 is 24.5 Å². The van der Waals surface area contributed by atoms with Crippen LogP contribution in [0.3, 0.4) is 0 Å². The van der Waals surface area contributed by atoms with Crippen LogP contribution in [0.1, 0.15) is 23.7 Å². The summed E-state index contributed by atoms with van der Waals surface area (Å²) in [7, 11) is 2.84. The molecular weight excluding hydrogens is 250 g/mol. The zero-order valence-electron chi connectivity index (χ0n) is 11.1. The summed E-state index contributed by atoms with van der Waals surface area (Å²) in [4.78, 5) is 24.2. The molecule has 6 nitrogen and oxygen atoms in total. The van der Waals surface area contributed by atoms with Gasteiger partial charge >= 0.3 is 5.97 Å². The number of aromatic hydroxyl groups is 1. The van der Waals surface area contributed by atoms with Gasteiger partial charge in [-0.25, -0.2) is 4.79 Å². The molecule has 0 aliphatic heterocycles. The minimum atomic E-state index is -1.08. The van der Waals surface area contributed by atoms with E-state index in [2.05, 4.69) is 0 Å². The van der Waals surface area contributed by atoms with Gasteiger partial charge in [-0.15, -0.1) is 0 Å². The molecule has 0 radical (unpaired) electrons. The van der Waals surface area contributed by atoms with Crippen molar-refractivity contribution >= 4 is 11.9 Å². The molecule has 104 valence electrons. The number of phenols is 1. The van der Waals surface area contributed by atoms with Crippen LogP contribution in [0.2, 0.25) is 0 Å². The first kappa shape index (κ1) is 14.8. The van der Waals surface area contributed by atoms with E-state index in [0.29, 0.717) is 5.75 Å². The molecule has 0 aromatic heterocycles. The van der Waals surface area contributed by atoms with Crippen LogP contribution >= 0.6 is 0 Å². The number of methoxy groups -OCH3 is 1. The average Bonchev–Trinajstić information content (AvgIpc) is 2.37. The molecule has 1 atom stereocenters. The summed E-state index contributed by atoms with van der Waals surface area (Å²) in [6.07, 6.45) is 0.286. The number of carboxylic acid groups (broad SMARTS) is 1. The van der Waals surface area contributed by atoms with Crippen molar-refractivity contribution in [2.45, 2.75) is 19.4 Å². The second kappa shape index (κ2) is 6.08. The summed E-state index contributed by atoms with van der Waals surface area (Å²) >= 11 is 0. The van der Waals surface area contributed by atoms with E-state index in [0.717, 1.165) is 4.90 Å². The summed E-state index contributed by atoms with van der Waals surface area (Å²) in [5, 5.41) is 18.8. The third-order valence-corrected chi connectivity index (χ3v) is 2.89. The lowest BCUT2D eigenvalue weighted by molar-refractivity contribution is -0.142. The molecule has 1 aromatic carbocycles. The number of nitrogens with zero attached hydrogens (tertiary/aromatic N) is 1. The van der Waals surface area contributed by atoms with E-state index in [1.54, 1.807) is 6.92 Å². The zero-order valence-corrected chi connectivity index (χ0v) is 11.1. The van der Waals surface area contributed by atoms with Gasteiger partial charge in [-0.1, -0.05) is 6.92 Å². The Labute approximate surface area is 111 Å². The SMILES string of the molecule is CCC(C(=O)O)N(C)C(=O)c1ccc(OC)cc1O. The Balaban J connectivity index is 3.03. The summed E-state index contributed by atoms with van der Waals surface area (Å²) in [6.45, 7) is 1.68. The minimum Gasteiger partial charge on any atom is -0.507 e. The number of amides is 1. The summed E-state index contributed by atoms with van der Waals surface area (Å²) < 4.78 is 4.92. The van der Waals surface area contributed by atoms with Gasteiger partial charge in [0.25, 0.3) is 5.91 Å². The third kappa shape index (κ3) is 3.15. The highest BCUT2D eigenvalue weighted by Gasteiger charge is 2.27. The first-order valence-electron chi connectivity index (χ1n) is 5.79. The maximum absolute atomic E-state index is 12.1. The van der Waals surface area contributed by atoms with Gasteiger partial charge < -0.3 is 19.8 Å². The fourth-order valence-electron chi connectivity index (χ4n) is 1.76. The molecule has 1 unspecified atom stereocenters. The number of carboxylic acids is 1. The van der Waals surface area contributed by atoms with Crippen molar-refractivity contribution in [3.8, 4) is 11.5 Å². The number of phenolic OH excluding ortho intramolecular Hbond substituents is 1. The molecule has 0 saturated carbocycles. The van der Waals surface area contributed by atoms with Crippen LogP contribution in [-0.2, 0) is 4.79 Å². The average molecular weight is 267 g/mol. The smallest absolute Gasteiger partial charge is 0.326 e. The van der Waals surface area contributed by atoms with Gasteiger partial charge in [0.05, 0.1) is 12.7 Å². The highest BCUT2D eigenvalue weighted by molar-refractivity contribution is 5.98.